The first kappa shape index (κ1) is 16.5. The van der Waals surface area contributed by atoms with E-state index in [-0.39, 0.29) is 0 Å². The summed E-state index contributed by atoms with van der Waals surface area (Å²) in [6.07, 6.45) is 5.13. The number of aromatic nitrogens is 4. The molecule has 0 bridgehead atoms. The molecule has 4 rings (SSSR count). The summed E-state index contributed by atoms with van der Waals surface area (Å²) in [7, 11) is 0. The smallest absolute Gasteiger partial charge is 0.225 e. The van der Waals surface area contributed by atoms with Gasteiger partial charge in [0.05, 0.1) is 0 Å². The molecule has 0 amide bonds. The van der Waals surface area contributed by atoms with Gasteiger partial charge in [0.25, 0.3) is 0 Å². The van der Waals surface area contributed by atoms with Gasteiger partial charge in [-0.2, -0.15) is 0 Å². The fourth-order valence-corrected chi connectivity index (χ4v) is 2.99. The molecule has 0 atom stereocenters. The quantitative estimate of drug-likeness (QED) is 0.760. The molecule has 7 nitrogen and oxygen atoms in total. The van der Waals surface area contributed by atoms with Crippen molar-refractivity contribution in [2.75, 3.05) is 41.3 Å². The lowest BCUT2D eigenvalue weighted by Gasteiger charge is -2.35. The zero-order chi connectivity index (χ0) is 17.8. The summed E-state index contributed by atoms with van der Waals surface area (Å²) in [5.74, 6) is 2.44. The minimum atomic E-state index is 0.708. The minimum Gasteiger partial charge on any atom is -0.353 e. The number of anilines is 4. The average Bonchev–Trinajstić information content (AvgIpc) is 2.71. The molecule has 0 aliphatic carbocycles. The van der Waals surface area contributed by atoms with Crippen molar-refractivity contribution in [2.45, 2.75) is 0 Å². The van der Waals surface area contributed by atoms with Crippen molar-refractivity contribution >= 4 is 34.9 Å². The zero-order valence-electron chi connectivity index (χ0n) is 14.1. The van der Waals surface area contributed by atoms with E-state index < -0.39 is 0 Å². The van der Waals surface area contributed by atoms with Crippen LogP contribution in [0.15, 0.2) is 55.1 Å². The second-order valence-electron chi connectivity index (χ2n) is 5.92. The van der Waals surface area contributed by atoms with Gasteiger partial charge in [0.15, 0.2) is 0 Å². The number of hydrogen-bond acceptors (Lipinski definition) is 7. The molecule has 1 N–H and O–H groups in total. The van der Waals surface area contributed by atoms with Gasteiger partial charge in [0, 0.05) is 55.3 Å². The summed E-state index contributed by atoms with van der Waals surface area (Å²) in [5.41, 5.74) is 0.935. The Morgan fingerprint density at radius 2 is 1.54 bits per heavy atom. The van der Waals surface area contributed by atoms with Gasteiger partial charge < -0.3 is 15.1 Å². The van der Waals surface area contributed by atoms with Crippen LogP contribution in [-0.4, -0.2) is 46.1 Å². The Morgan fingerprint density at radius 3 is 2.27 bits per heavy atom. The minimum absolute atomic E-state index is 0.708. The number of halogens is 1. The van der Waals surface area contributed by atoms with E-state index in [0.717, 1.165) is 49.5 Å². The molecule has 2 aromatic heterocycles. The van der Waals surface area contributed by atoms with E-state index in [4.69, 9.17) is 11.6 Å². The Balaban J connectivity index is 1.42. The number of nitrogens with one attached hydrogen (secondary N) is 1. The maximum Gasteiger partial charge on any atom is 0.225 e. The van der Waals surface area contributed by atoms with Crippen LogP contribution in [0, 0.1) is 0 Å². The van der Waals surface area contributed by atoms with E-state index in [1.54, 1.807) is 18.7 Å². The molecule has 0 saturated carbocycles. The van der Waals surface area contributed by atoms with Crippen molar-refractivity contribution < 1.29 is 0 Å². The molecule has 1 fully saturated rings. The molecule has 3 heterocycles. The van der Waals surface area contributed by atoms with Crippen molar-refractivity contribution in [3.63, 3.8) is 0 Å². The normalized spacial score (nSPS) is 14.3. The maximum atomic E-state index is 5.92. The Labute approximate surface area is 156 Å². The van der Waals surface area contributed by atoms with Gasteiger partial charge in [-0.1, -0.05) is 11.6 Å². The summed E-state index contributed by atoms with van der Waals surface area (Å²) < 4.78 is 0. The van der Waals surface area contributed by atoms with Gasteiger partial charge in [0.2, 0.25) is 5.95 Å². The molecule has 0 unspecified atom stereocenters. The number of hydrogen-bond donors (Lipinski definition) is 1. The highest BCUT2D eigenvalue weighted by atomic mass is 35.5. The average molecular weight is 368 g/mol. The predicted molar refractivity (Wildman–Crippen MR) is 103 cm³/mol. The molecule has 8 heteroatoms. The van der Waals surface area contributed by atoms with Gasteiger partial charge in [-0.15, -0.1) is 0 Å². The summed E-state index contributed by atoms with van der Waals surface area (Å²) >= 11 is 5.92. The highest BCUT2D eigenvalue weighted by Crippen LogP contribution is 2.21. The SMILES string of the molecule is Clc1ccc(Nc2cc(N3CCN(c4ncccn4)CC3)ncn2)cc1. The first-order valence-corrected chi connectivity index (χ1v) is 8.77. The van der Waals surface area contributed by atoms with Crippen LogP contribution in [0.4, 0.5) is 23.3 Å². The van der Waals surface area contributed by atoms with Crippen LogP contribution in [0.5, 0.6) is 0 Å². The summed E-state index contributed by atoms with van der Waals surface area (Å²) in [5, 5.41) is 3.99. The Kier molecular flexibility index (Phi) is 4.79. The lowest BCUT2D eigenvalue weighted by Crippen LogP contribution is -2.47. The van der Waals surface area contributed by atoms with E-state index in [1.807, 2.05) is 36.4 Å². The van der Waals surface area contributed by atoms with Gasteiger partial charge in [-0.25, -0.2) is 19.9 Å². The largest absolute Gasteiger partial charge is 0.353 e. The standard InChI is InChI=1S/C18H18ClN7/c19-14-2-4-15(5-3-14)24-16-12-17(23-13-22-16)25-8-10-26(11-9-25)18-20-6-1-7-21-18/h1-7,12-13H,8-11H2,(H,22,23,24). The number of benzene rings is 1. The number of rotatable bonds is 4. The molecule has 1 saturated heterocycles. The van der Waals surface area contributed by atoms with Crippen molar-refractivity contribution in [1.29, 1.82) is 0 Å². The van der Waals surface area contributed by atoms with Crippen molar-refractivity contribution in [2.24, 2.45) is 0 Å². The highest BCUT2D eigenvalue weighted by Gasteiger charge is 2.20. The first-order chi connectivity index (χ1) is 12.8. The third-order valence-corrected chi connectivity index (χ3v) is 4.46. The molecule has 1 aliphatic rings. The first-order valence-electron chi connectivity index (χ1n) is 8.39. The van der Waals surface area contributed by atoms with Crippen LogP contribution in [0.3, 0.4) is 0 Å². The molecular weight excluding hydrogens is 350 g/mol. The lowest BCUT2D eigenvalue weighted by molar-refractivity contribution is 0.634. The second-order valence-corrected chi connectivity index (χ2v) is 6.35. The van der Waals surface area contributed by atoms with E-state index >= 15 is 0 Å². The van der Waals surface area contributed by atoms with Crippen LogP contribution in [-0.2, 0) is 0 Å². The fraction of sp³-hybridized carbons (Fsp3) is 0.222. The van der Waals surface area contributed by atoms with Gasteiger partial charge >= 0.3 is 0 Å². The van der Waals surface area contributed by atoms with Crippen molar-refractivity contribution in [3.8, 4) is 0 Å². The molecule has 1 aliphatic heterocycles. The van der Waals surface area contributed by atoms with Crippen LogP contribution in [0.25, 0.3) is 0 Å². The molecule has 26 heavy (non-hydrogen) atoms. The monoisotopic (exact) mass is 367 g/mol. The van der Waals surface area contributed by atoms with Crippen LogP contribution in [0.2, 0.25) is 5.02 Å². The van der Waals surface area contributed by atoms with E-state index in [0.29, 0.717) is 5.02 Å². The van der Waals surface area contributed by atoms with Gasteiger partial charge in [0.1, 0.15) is 18.0 Å². The summed E-state index contributed by atoms with van der Waals surface area (Å²) in [4.78, 5) is 21.8. The number of piperazine rings is 1. The second kappa shape index (κ2) is 7.53. The molecule has 0 radical (unpaired) electrons. The Morgan fingerprint density at radius 1 is 0.846 bits per heavy atom. The molecule has 132 valence electrons. The van der Waals surface area contributed by atoms with E-state index in [1.165, 1.54) is 0 Å². The predicted octanol–water partition coefficient (Wildman–Crippen LogP) is 2.99. The maximum absolute atomic E-state index is 5.92. The highest BCUT2D eigenvalue weighted by molar-refractivity contribution is 6.30. The summed E-state index contributed by atoms with van der Waals surface area (Å²) in [6.45, 7) is 3.42. The fourth-order valence-electron chi connectivity index (χ4n) is 2.86. The topological polar surface area (TPSA) is 70.1 Å². The summed E-state index contributed by atoms with van der Waals surface area (Å²) in [6, 6.07) is 11.3. The molecule has 1 aromatic carbocycles. The Hall–Kier alpha value is -2.93. The third kappa shape index (κ3) is 3.83. The van der Waals surface area contributed by atoms with Gasteiger partial charge in [-0.05, 0) is 30.3 Å². The van der Waals surface area contributed by atoms with Crippen molar-refractivity contribution in [3.05, 3.63) is 60.1 Å². The van der Waals surface area contributed by atoms with Crippen molar-refractivity contribution in [1.82, 2.24) is 19.9 Å². The van der Waals surface area contributed by atoms with E-state index in [9.17, 15) is 0 Å². The van der Waals surface area contributed by atoms with Crippen LogP contribution >= 0.6 is 11.6 Å². The Bertz CT molecular complexity index is 849. The van der Waals surface area contributed by atoms with Gasteiger partial charge in [-0.3, -0.25) is 0 Å². The zero-order valence-corrected chi connectivity index (χ0v) is 14.8. The third-order valence-electron chi connectivity index (χ3n) is 4.21. The lowest BCUT2D eigenvalue weighted by atomic mass is 10.3. The molecular formula is C18H18ClN7. The van der Waals surface area contributed by atoms with E-state index in [2.05, 4.69) is 35.1 Å². The molecule has 0 spiro atoms. The van der Waals surface area contributed by atoms with Crippen LogP contribution < -0.4 is 15.1 Å². The molecule has 3 aromatic rings. The number of nitrogens with zero attached hydrogens (tertiary/aromatic N) is 6. The van der Waals surface area contributed by atoms with Crippen LogP contribution in [0.1, 0.15) is 0 Å².